The maximum absolute atomic E-state index is 2.47. The van der Waals surface area contributed by atoms with E-state index in [2.05, 4.69) is 161 Å². The second kappa shape index (κ2) is 9.82. The van der Waals surface area contributed by atoms with Gasteiger partial charge in [0.15, 0.2) is 5.71 Å². The predicted octanol–water partition coefficient (Wildman–Crippen LogP) is 9.33. The molecule has 0 amide bonds. The Balaban J connectivity index is 1.56. The fourth-order valence-corrected chi connectivity index (χ4v) is 7.08. The van der Waals surface area contributed by atoms with Crippen molar-refractivity contribution >= 4 is 35.3 Å². The van der Waals surface area contributed by atoms with Gasteiger partial charge in [0.25, 0.3) is 0 Å². The summed E-state index contributed by atoms with van der Waals surface area (Å²) in [4.78, 5) is 0. The quantitative estimate of drug-likeness (QED) is 0.189. The molecule has 2 aliphatic heterocycles. The molecule has 0 spiro atoms. The third-order valence-corrected chi connectivity index (χ3v) is 9.66. The normalized spacial score (nSPS) is 13.7. The molecule has 0 fully saturated rings. The number of aryl methyl sites for hydroxylation is 6. The van der Waals surface area contributed by atoms with Crippen molar-refractivity contribution in [1.29, 1.82) is 0 Å². The van der Waals surface area contributed by atoms with Crippen LogP contribution >= 0.6 is 0 Å². The van der Waals surface area contributed by atoms with E-state index in [0.29, 0.717) is 0 Å². The zero-order valence-electron chi connectivity index (χ0n) is 26.3. The molecular weight excluding hydrogens is 531 g/mol. The molecule has 1 aromatic heterocycles. The number of benzene rings is 5. The first-order valence-corrected chi connectivity index (χ1v) is 15.5. The topological polar surface area (TPSA) is 7.94 Å². The number of fused-ring (bicyclic) bond motifs is 6. The minimum absolute atomic E-state index is 1.22. The largest absolute Gasteiger partial charge is 0.700 e. The number of hydrogen-bond acceptors (Lipinski definition) is 0. The van der Waals surface area contributed by atoms with Crippen LogP contribution in [0.3, 0.4) is 0 Å². The molecule has 44 heavy (non-hydrogen) atoms. The van der Waals surface area contributed by atoms with E-state index in [4.69, 9.17) is 0 Å². The van der Waals surface area contributed by atoms with Gasteiger partial charge in [0.1, 0.15) is 0 Å². The second-order valence-corrected chi connectivity index (χ2v) is 12.7. The fraction of sp³-hybridized carbons (Fsp3) is 0.146. The summed E-state index contributed by atoms with van der Waals surface area (Å²) in [5, 5.41) is 2.56. The third kappa shape index (κ3) is 3.92. The molecule has 0 N–H and O–H groups in total. The Labute approximate surface area is 260 Å². The first-order valence-electron chi connectivity index (χ1n) is 15.5. The first kappa shape index (κ1) is 26.7. The van der Waals surface area contributed by atoms with Crippen molar-refractivity contribution in [2.24, 2.45) is 0 Å². The van der Waals surface area contributed by atoms with E-state index >= 15 is 0 Å². The smallest absolute Gasteiger partial charge is 0.317 e. The molecular formula is C41H35BN2+. The lowest BCUT2D eigenvalue weighted by Crippen LogP contribution is -2.31. The number of rotatable bonds is 3. The molecule has 0 bridgehead atoms. The molecule has 0 saturated carbocycles. The van der Waals surface area contributed by atoms with Crippen molar-refractivity contribution in [2.45, 2.75) is 41.5 Å². The van der Waals surface area contributed by atoms with Crippen LogP contribution in [0.15, 0.2) is 103 Å². The van der Waals surface area contributed by atoms with Gasteiger partial charge in [0.05, 0.1) is 22.4 Å². The fourth-order valence-electron chi connectivity index (χ4n) is 7.08. The van der Waals surface area contributed by atoms with Crippen molar-refractivity contribution in [3.63, 3.8) is 0 Å². The van der Waals surface area contributed by atoms with E-state index in [1.165, 1.54) is 100 Å². The minimum atomic E-state index is 1.22. The number of hydrogen-bond donors (Lipinski definition) is 0. The highest BCUT2D eigenvalue weighted by Crippen LogP contribution is 2.47. The molecule has 2 nitrogen and oxygen atoms in total. The van der Waals surface area contributed by atoms with Crippen molar-refractivity contribution < 1.29 is 4.49 Å². The molecule has 1 radical (unpaired) electrons. The van der Waals surface area contributed by atoms with Crippen LogP contribution in [0, 0.1) is 41.5 Å². The van der Waals surface area contributed by atoms with Gasteiger partial charge in [0.2, 0.25) is 5.70 Å². The van der Waals surface area contributed by atoms with E-state index in [0.717, 1.165) is 0 Å². The summed E-state index contributed by atoms with van der Waals surface area (Å²) in [5.41, 5.74) is 20.3. The van der Waals surface area contributed by atoms with Crippen LogP contribution in [0.2, 0.25) is 0 Å². The van der Waals surface area contributed by atoms with Gasteiger partial charge >= 0.3 is 7.55 Å². The SMILES string of the molecule is Cc1ccc2c(c1)C(c1ccc(C)c(C)c1)=[N+]1[B]n3c(c4ccc(C)cc4c3-c3ccc(C)c(C)c3)C(c3ccccc3)=C21. The van der Waals surface area contributed by atoms with Crippen LogP contribution in [-0.4, -0.2) is 22.2 Å². The van der Waals surface area contributed by atoms with Gasteiger partial charge < -0.3 is 4.48 Å². The molecule has 211 valence electrons. The van der Waals surface area contributed by atoms with Gasteiger partial charge in [-0.2, -0.15) is 0 Å². The maximum atomic E-state index is 2.47. The molecule has 0 aliphatic carbocycles. The molecule has 3 heterocycles. The van der Waals surface area contributed by atoms with Crippen LogP contribution in [0.1, 0.15) is 61.3 Å². The van der Waals surface area contributed by atoms with Crippen LogP contribution < -0.4 is 0 Å². The first-order chi connectivity index (χ1) is 21.3. The lowest BCUT2D eigenvalue weighted by Gasteiger charge is -2.20. The molecule has 6 aromatic rings. The van der Waals surface area contributed by atoms with Gasteiger partial charge in [-0.25, -0.2) is 0 Å². The van der Waals surface area contributed by atoms with Crippen molar-refractivity contribution in [2.75, 3.05) is 0 Å². The van der Waals surface area contributed by atoms with E-state index < -0.39 is 0 Å². The highest BCUT2D eigenvalue weighted by molar-refractivity contribution is 6.38. The van der Waals surface area contributed by atoms with E-state index in [9.17, 15) is 0 Å². The Bertz CT molecular complexity index is 2240. The Morgan fingerprint density at radius 3 is 1.89 bits per heavy atom. The Morgan fingerprint density at radius 1 is 0.500 bits per heavy atom. The summed E-state index contributed by atoms with van der Waals surface area (Å²) in [6.07, 6.45) is 0. The van der Waals surface area contributed by atoms with Gasteiger partial charge in [-0.15, -0.1) is 0 Å². The third-order valence-electron chi connectivity index (χ3n) is 9.66. The average molecular weight is 567 g/mol. The molecule has 2 aliphatic rings. The van der Waals surface area contributed by atoms with Crippen molar-refractivity contribution in [3.8, 4) is 11.3 Å². The second-order valence-electron chi connectivity index (χ2n) is 12.7. The lowest BCUT2D eigenvalue weighted by atomic mass is 9.88. The number of aromatic nitrogens is 1. The summed E-state index contributed by atoms with van der Waals surface area (Å²) in [5.74, 6) is 0. The minimum Gasteiger partial charge on any atom is -0.317 e. The number of nitrogens with zero attached hydrogens (tertiary/aromatic N) is 2. The van der Waals surface area contributed by atoms with Crippen LogP contribution in [-0.2, 0) is 0 Å². The zero-order chi connectivity index (χ0) is 30.3. The summed E-state index contributed by atoms with van der Waals surface area (Å²) in [6, 6.07) is 38.7. The van der Waals surface area contributed by atoms with Gasteiger partial charge in [-0.3, -0.25) is 4.49 Å². The molecule has 0 saturated heterocycles. The highest BCUT2D eigenvalue weighted by atomic mass is 15.1. The van der Waals surface area contributed by atoms with E-state index in [1.807, 2.05) is 0 Å². The van der Waals surface area contributed by atoms with Crippen molar-refractivity contribution in [3.05, 3.63) is 164 Å². The van der Waals surface area contributed by atoms with E-state index in [1.54, 1.807) is 0 Å². The standard InChI is InChI=1S/C41H35BN2/c1-24-12-18-33-35(20-24)38(31-16-14-26(3)28(5)22-31)43-40(33)37(30-10-8-7-9-11-30)41-34-19-13-25(2)21-36(34)39(44(41)42-43)32-17-15-27(4)29(6)23-32/h7-23H,1-6H3/q+1. The zero-order valence-corrected chi connectivity index (χ0v) is 26.3. The monoisotopic (exact) mass is 566 g/mol. The summed E-state index contributed by atoms with van der Waals surface area (Å²) in [6.45, 7) is 13.2. The van der Waals surface area contributed by atoms with E-state index in [-0.39, 0.29) is 0 Å². The Kier molecular flexibility index (Phi) is 5.96. The van der Waals surface area contributed by atoms with Crippen LogP contribution in [0.4, 0.5) is 0 Å². The van der Waals surface area contributed by atoms with Gasteiger partial charge in [-0.05, 0) is 111 Å². The molecule has 5 aromatic carbocycles. The average Bonchev–Trinajstić information content (AvgIpc) is 3.50. The lowest BCUT2D eigenvalue weighted by molar-refractivity contribution is -0.264. The van der Waals surface area contributed by atoms with Gasteiger partial charge in [-0.1, -0.05) is 77.9 Å². The summed E-state index contributed by atoms with van der Waals surface area (Å²) < 4.78 is 4.94. The molecule has 3 heteroatoms. The van der Waals surface area contributed by atoms with Crippen LogP contribution in [0.25, 0.3) is 33.3 Å². The highest BCUT2D eigenvalue weighted by Gasteiger charge is 2.46. The Morgan fingerprint density at radius 2 is 1.16 bits per heavy atom. The van der Waals surface area contributed by atoms with Crippen LogP contribution in [0.5, 0.6) is 0 Å². The Hall–Kier alpha value is -4.89. The molecule has 0 unspecified atom stereocenters. The van der Waals surface area contributed by atoms with Crippen molar-refractivity contribution in [1.82, 2.24) is 4.48 Å². The van der Waals surface area contributed by atoms with Gasteiger partial charge in [0, 0.05) is 22.0 Å². The summed E-state index contributed by atoms with van der Waals surface area (Å²) >= 11 is 0. The molecule has 8 rings (SSSR count). The summed E-state index contributed by atoms with van der Waals surface area (Å²) in [7, 11) is 2.36. The predicted molar refractivity (Wildman–Crippen MR) is 186 cm³/mol. The maximum Gasteiger partial charge on any atom is 0.700 e. The molecule has 0 atom stereocenters.